The highest BCUT2D eigenvalue weighted by Crippen LogP contribution is 2.34. The van der Waals surface area contributed by atoms with Crippen LogP contribution in [-0.4, -0.2) is 31.5 Å². The lowest BCUT2D eigenvalue weighted by Gasteiger charge is -2.18. The molecule has 1 aromatic heterocycles. The molecular formula is C22H30NO6+. The molecule has 2 aromatic rings. The van der Waals surface area contributed by atoms with Gasteiger partial charge in [-0.2, -0.15) is 4.57 Å². The van der Waals surface area contributed by atoms with Gasteiger partial charge in [-0.25, -0.2) is 9.59 Å². The Morgan fingerprint density at radius 3 is 2.10 bits per heavy atom. The quantitative estimate of drug-likeness (QED) is 0.448. The van der Waals surface area contributed by atoms with Gasteiger partial charge < -0.3 is 19.3 Å². The minimum absolute atomic E-state index is 0.0788. The summed E-state index contributed by atoms with van der Waals surface area (Å²) >= 11 is 0. The number of aromatic nitrogens is 1. The van der Waals surface area contributed by atoms with E-state index in [0.717, 1.165) is 18.2 Å². The van der Waals surface area contributed by atoms with Crippen molar-refractivity contribution in [2.75, 3.05) is 14.2 Å². The summed E-state index contributed by atoms with van der Waals surface area (Å²) in [7, 11) is 2.31. The third-order valence-electron chi connectivity index (χ3n) is 4.12. The number of esters is 1. The second kappa shape index (κ2) is 11.8. The van der Waals surface area contributed by atoms with Gasteiger partial charge in [-0.1, -0.05) is 45.9 Å². The number of pyridine rings is 1. The summed E-state index contributed by atoms with van der Waals surface area (Å²) in [5.74, 6) is 0.510. The van der Waals surface area contributed by atoms with Gasteiger partial charge in [-0.3, -0.25) is 0 Å². The van der Waals surface area contributed by atoms with Crippen molar-refractivity contribution in [1.29, 1.82) is 0 Å². The molecule has 1 N–H and O–H groups in total. The summed E-state index contributed by atoms with van der Waals surface area (Å²) in [5.41, 5.74) is 2.28. The van der Waals surface area contributed by atoms with Crippen LogP contribution in [0.3, 0.4) is 0 Å². The van der Waals surface area contributed by atoms with E-state index in [1.54, 1.807) is 29.1 Å². The van der Waals surface area contributed by atoms with Gasteiger partial charge in [0.25, 0.3) is 6.73 Å². The van der Waals surface area contributed by atoms with Crippen molar-refractivity contribution < 1.29 is 33.5 Å². The van der Waals surface area contributed by atoms with Crippen molar-refractivity contribution in [2.24, 2.45) is 0 Å². The molecule has 7 heteroatoms. The first-order chi connectivity index (χ1) is 13.8. The molecule has 0 aliphatic heterocycles. The standard InChI is InChI=1S/C21H26NO5.CH4O/c1-14(2)17-9-6-10-18(15(3)4)19(17)27-21(24)26-13-22-11-7-8-16(12-22)20(23)25-5;1-2/h6-12,14-15H,13H2,1-5H3;2H,1H3/q+1;. The maximum atomic E-state index is 12.3. The van der Waals surface area contributed by atoms with E-state index in [9.17, 15) is 9.59 Å². The summed E-state index contributed by atoms with van der Waals surface area (Å²) in [6.45, 7) is 8.11. The van der Waals surface area contributed by atoms with Crippen LogP contribution < -0.4 is 9.30 Å². The van der Waals surface area contributed by atoms with Crippen LogP contribution in [0.4, 0.5) is 4.79 Å². The molecule has 1 heterocycles. The van der Waals surface area contributed by atoms with E-state index in [-0.39, 0.29) is 18.6 Å². The fourth-order valence-corrected chi connectivity index (χ4v) is 2.68. The third-order valence-corrected chi connectivity index (χ3v) is 4.12. The Kier molecular flexibility index (Phi) is 9.82. The highest BCUT2D eigenvalue weighted by molar-refractivity contribution is 5.88. The number of hydrogen-bond donors (Lipinski definition) is 1. The third kappa shape index (κ3) is 6.87. The summed E-state index contributed by atoms with van der Waals surface area (Å²) < 4.78 is 17.0. The van der Waals surface area contributed by atoms with Crippen molar-refractivity contribution in [1.82, 2.24) is 0 Å². The predicted octanol–water partition coefficient (Wildman–Crippen LogP) is 3.79. The Hall–Kier alpha value is -2.93. The number of benzene rings is 1. The second-order valence-corrected chi connectivity index (χ2v) is 6.80. The van der Waals surface area contributed by atoms with Crippen LogP contribution in [0, 0.1) is 0 Å². The van der Waals surface area contributed by atoms with Crippen LogP contribution in [-0.2, 0) is 16.2 Å². The molecule has 0 amide bonds. The molecule has 29 heavy (non-hydrogen) atoms. The highest BCUT2D eigenvalue weighted by atomic mass is 16.7. The van der Waals surface area contributed by atoms with E-state index >= 15 is 0 Å². The van der Waals surface area contributed by atoms with Crippen LogP contribution in [0.25, 0.3) is 0 Å². The van der Waals surface area contributed by atoms with Crippen LogP contribution in [0.15, 0.2) is 42.7 Å². The van der Waals surface area contributed by atoms with E-state index in [4.69, 9.17) is 14.6 Å². The van der Waals surface area contributed by atoms with Gasteiger partial charge in [0.15, 0.2) is 12.4 Å². The maximum Gasteiger partial charge on any atom is 0.518 e. The summed E-state index contributed by atoms with van der Waals surface area (Å²) in [6, 6.07) is 9.17. The molecule has 1 aromatic carbocycles. The molecule has 0 bridgehead atoms. The summed E-state index contributed by atoms with van der Waals surface area (Å²) in [4.78, 5) is 23.8. The van der Waals surface area contributed by atoms with Crippen LogP contribution in [0.2, 0.25) is 0 Å². The first-order valence-corrected chi connectivity index (χ1v) is 9.33. The van der Waals surface area contributed by atoms with Crippen molar-refractivity contribution in [3.8, 4) is 5.75 Å². The molecular weight excluding hydrogens is 374 g/mol. The topological polar surface area (TPSA) is 85.9 Å². The summed E-state index contributed by atoms with van der Waals surface area (Å²) in [6.07, 6.45) is 2.43. The molecule has 158 valence electrons. The largest absolute Gasteiger partial charge is 0.518 e. The average Bonchev–Trinajstić information content (AvgIpc) is 2.73. The number of para-hydroxylation sites is 1. The predicted molar refractivity (Wildman–Crippen MR) is 108 cm³/mol. The maximum absolute atomic E-state index is 12.3. The molecule has 0 radical (unpaired) electrons. The number of rotatable bonds is 6. The molecule has 0 unspecified atom stereocenters. The van der Waals surface area contributed by atoms with Crippen molar-refractivity contribution >= 4 is 12.1 Å². The molecule has 0 saturated carbocycles. The first kappa shape index (κ1) is 24.1. The number of aliphatic hydroxyl groups excluding tert-OH is 1. The highest BCUT2D eigenvalue weighted by Gasteiger charge is 2.20. The zero-order valence-corrected chi connectivity index (χ0v) is 17.8. The number of ether oxygens (including phenoxy) is 3. The number of nitrogens with zero attached hydrogens (tertiary/aromatic N) is 1. The lowest BCUT2D eigenvalue weighted by Crippen LogP contribution is -2.37. The first-order valence-electron chi connectivity index (χ1n) is 9.33. The van der Waals surface area contributed by atoms with E-state index in [1.165, 1.54) is 7.11 Å². The Morgan fingerprint density at radius 1 is 1.00 bits per heavy atom. The number of aliphatic hydroxyl groups is 1. The van der Waals surface area contributed by atoms with E-state index in [1.807, 2.05) is 45.9 Å². The monoisotopic (exact) mass is 404 g/mol. The minimum atomic E-state index is -0.791. The SMILES string of the molecule is CO.COC(=O)c1ccc[n+](COC(=O)Oc2c(C(C)C)cccc2C(C)C)c1. The molecule has 0 aliphatic rings. The van der Waals surface area contributed by atoms with Gasteiger partial charge in [0, 0.05) is 13.2 Å². The Balaban J connectivity index is 0.00000204. The van der Waals surface area contributed by atoms with Gasteiger partial charge in [-0.05, 0) is 29.0 Å². The molecule has 0 fully saturated rings. The van der Waals surface area contributed by atoms with E-state index in [0.29, 0.717) is 11.3 Å². The fourth-order valence-electron chi connectivity index (χ4n) is 2.68. The van der Waals surface area contributed by atoms with Crippen molar-refractivity contribution in [3.05, 3.63) is 59.4 Å². The molecule has 0 spiro atoms. The van der Waals surface area contributed by atoms with E-state index in [2.05, 4.69) is 4.74 Å². The van der Waals surface area contributed by atoms with Crippen LogP contribution in [0.5, 0.6) is 5.75 Å². The molecule has 2 rings (SSSR count). The van der Waals surface area contributed by atoms with Gasteiger partial charge in [0.1, 0.15) is 11.3 Å². The molecule has 0 atom stereocenters. The fraction of sp³-hybridized carbons (Fsp3) is 0.409. The van der Waals surface area contributed by atoms with Crippen LogP contribution >= 0.6 is 0 Å². The minimum Gasteiger partial charge on any atom is -0.465 e. The Labute approximate surface area is 171 Å². The number of carbonyl (C=O) groups excluding carboxylic acids is 2. The van der Waals surface area contributed by atoms with Gasteiger partial charge in [0.05, 0.1) is 7.11 Å². The van der Waals surface area contributed by atoms with Gasteiger partial charge in [-0.15, -0.1) is 0 Å². The normalized spacial score (nSPS) is 10.2. The van der Waals surface area contributed by atoms with Crippen molar-refractivity contribution in [2.45, 2.75) is 46.3 Å². The smallest absolute Gasteiger partial charge is 0.465 e. The van der Waals surface area contributed by atoms with Crippen LogP contribution in [0.1, 0.15) is 61.0 Å². The Bertz CT molecular complexity index is 790. The number of hydrogen-bond acceptors (Lipinski definition) is 6. The van der Waals surface area contributed by atoms with Gasteiger partial charge >= 0.3 is 12.1 Å². The van der Waals surface area contributed by atoms with Crippen molar-refractivity contribution in [3.63, 3.8) is 0 Å². The summed E-state index contributed by atoms with van der Waals surface area (Å²) in [5, 5.41) is 7.00. The number of methoxy groups -OCH3 is 1. The second-order valence-electron chi connectivity index (χ2n) is 6.80. The molecule has 0 aliphatic carbocycles. The lowest BCUT2D eigenvalue weighted by molar-refractivity contribution is -0.727. The molecule has 7 nitrogen and oxygen atoms in total. The zero-order valence-electron chi connectivity index (χ0n) is 17.8. The molecule has 0 saturated heterocycles. The lowest BCUT2D eigenvalue weighted by atomic mass is 9.94. The Morgan fingerprint density at radius 2 is 1.59 bits per heavy atom. The van der Waals surface area contributed by atoms with E-state index < -0.39 is 12.1 Å². The number of carbonyl (C=O) groups is 2. The zero-order chi connectivity index (χ0) is 22.0. The van der Waals surface area contributed by atoms with Gasteiger partial charge in [0.2, 0.25) is 0 Å². The average molecular weight is 404 g/mol.